The molecule has 2 rings (SSSR count). The van der Waals surface area contributed by atoms with E-state index in [0.717, 1.165) is 30.5 Å². The van der Waals surface area contributed by atoms with Gasteiger partial charge in [0.1, 0.15) is 11.2 Å². The molecule has 1 saturated carbocycles. The largest absolute Gasteiger partial charge is 0.309 e. The Morgan fingerprint density at radius 2 is 2.00 bits per heavy atom. The zero-order chi connectivity index (χ0) is 13.9. The van der Waals surface area contributed by atoms with Gasteiger partial charge in [-0.05, 0) is 44.4 Å². The normalized spacial score (nSPS) is 17.5. The third-order valence-electron chi connectivity index (χ3n) is 3.70. The van der Waals surface area contributed by atoms with Gasteiger partial charge in [0.25, 0.3) is 0 Å². The monoisotopic (exact) mass is 257 g/mol. The highest BCUT2D eigenvalue weighted by atomic mass is 16.2. The molecular formula is C15H19N3O. The number of carbonyl (C=O) groups excluding carboxylic acids is 1. The molecule has 0 atom stereocenters. The lowest BCUT2D eigenvalue weighted by atomic mass is 9.74. The molecule has 1 fully saturated rings. The number of hydrogen-bond acceptors (Lipinski definition) is 3. The number of nitriles is 1. The summed E-state index contributed by atoms with van der Waals surface area (Å²) in [7, 11) is 0. The average Bonchev–Trinajstić information content (AvgIpc) is 2.38. The van der Waals surface area contributed by atoms with Crippen LogP contribution in [0.4, 0.5) is 5.82 Å². The quantitative estimate of drug-likeness (QED) is 0.885. The number of anilines is 1. The number of nitrogens with one attached hydrogen (secondary N) is 1. The summed E-state index contributed by atoms with van der Waals surface area (Å²) in [5.74, 6) is 0.342. The summed E-state index contributed by atoms with van der Waals surface area (Å²) in [6, 6.07) is 6.01. The Kier molecular flexibility index (Phi) is 3.84. The molecule has 0 aromatic carbocycles. The molecule has 1 aromatic heterocycles. The van der Waals surface area contributed by atoms with Crippen molar-refractivity contribution in [1.82, 2.24) is 4.98 Å². The molecule has 0 spiro atoms. The van der Waals surface area contributed by atoms with E-state index in [1.807, 2.05) is 26.0 Å². The van der Waals surface area contributed by atoms with Crippen LogP contribution in [0.25, 0.3) is 0 Å². The molecule has 19 heavy (non-hydrogen) atoms. The summed E-state index contributed by atoms with van der Waals surface area (Å²) in [6.45, 7) is 3.86. The van der Waals surface area contributed by atoms with Gasteiger partial charge in [0, 0.05) is 5.69 Å². The first-order chi connectivity index (χ1) is 9.05. The topological polar surface area (TPSA) is 65.8 Å². The van der Waals surface area contributed by atoms with E-state index < -0.39 is 5.41 Å². The molecule has 0 bridgehead atoms. The van der Waals surface area contributed by atoms with Gasteiger partial charge in [-0.25, -0.2) is 4.98 Å². The van der Waals surface area contributed by atoms with Crippen LogP contribution in [0.2, 0.25) is 0 Å². The van der Waals surface area contributed by atoms with E-state index in [2.05, 4.69) is 16.4 Å². The summed E-state index contributed by atoms with van der Waals surface area (Å²) in [6.07, 6.45) is 4.31. The highest BCUT2D eigenvalue weighted by Crippen LogP contribution is 2.36. The van der Waals surface area contributed by atoms with Gasteiger partial charge in [0.05, 0.1) is 6.07 Å². The predicted molar refractivity (Wildman–Crippen MR) is 73.5 cm³/mol. The molecule has 0 unspecified atom stereocenters. The molecule has 4 heteroatoms. The van der Waals surface area contributed by atoms with Crippen molar-refractivity contribution in [1.29, 1.82) is 5.26 Å². The fourth-order valence-electron chi connectivity index (χ4n) is 2.69. The van der Waals surface area contributed by atoms with Gasteiger partial charge in [0.2, 0.25) is 5.91 Å². The minimum absolute atomic E-state index is 0.202. The summed E-state index contributed by atoms with van der Waals surface area (Å²) in [5, 5.41) is 12.2. The van der Waals surface area contributed by atoms with Crippen LogP contribution in [-0.4, -0.2) is 10.9 Å². The molecule has 1 aliphatic carbocycles. The number of aryl methyl sites for hydroxylation is 2. The van der Waals surface area contributed by atoms with Crippen molar-refractivity contribution in [2.24, 2.45) is 5.41 Å². The van der Waals surface area contributed by atoms with Crippen LogP contribution in [0.5, 0.6) is 0 Å². The number of hydrogen-bond donors (Lipinski definition) is 1. The molecule has 1 N–H and O–H groups in total. The van der Waals surface area contributed by atoms with Crippen molar-refractivity contribution in [3.05, 3.63) is 23.4 Å². The molecule has 1 aliphatic rings. The zero-order valence-corrected chi connectivity index (χ0v) is 11.5. The van der Waals surface area contributed by atoms with Gasteiger partial charge in [-0.1, -0.05) is 19.3 Å². The SMILES string of the molecule is Cc1cc(C)nc(NC(=O)C2(C#N)CCCCC2)c1. The van der Waals surface area contributed by atoms with E-state index in [1.165, 1.54) is 0 Å². The van der Waals surface area contributed by atoms with Gasteiger partial charge < -0.3 is 5.32 Å². The van der Waals surface area contributed by atoms with Crippen LogP contribution in [0.1, 0.15) is 43.4 Å². The average molecular weight is 257 g/mol. The Hall–Kier alpha value is -1.89. The summed E-state index contributed by atoms with van der Waals surface area (Å²) < 4.78 is 0. The number of nitrogens with zero attached hydrogens (tertiary/aromatic N) is 2. The number of amides is 1. The van der Waals surface area contributed by atoms with Gasteiger partial charge in [-0.15, -0.1) is 0 Å². The number of rotatable bonds is 2. The van der Waals surface area contributed by atoms with Gasteiger partial charge in [-0.3, -0.25) is 4.79 Å². The smallest absolute Gasteiger partial charge is 0.246 e. The Bertz CT molecular complexity index is 504. The van der Waals surface area contributed by atoms with Gasteiger partial charge in [0.15, 0.2) is 0 Å². The predicted octanol–water partition coefficient (Wildman–Crippen LogP) is 3.11. The maximum absolute atomic E-state index is 12.4. The molecule has 0 radical (unpaired) electrons. The van der Waals surface area contributed by atoms with Crippen molar-refractivity contribution in [2.45, 2.75) is 46.0 Å². The second-order valence-corrected chi connectivity index (χ2v) is 5.38. The van der Waals surface area contributed by atoms with Crippen molar-refractivity contribution < 1.29 is 4.79 Å². The first kappa shape index (κ1) is 13.5. The van der Waals surface area contributed by atoms with Crippen LogP contribution in [0.15, 0.2) is 12.1 Å². The molecule has 100 valence electrons. The van der Waals surface area contributed by atoms with Crippen molar-refractivity contribution in [3.8, 4) is 6.07 Å². The molecule has 0 aliphatic heterocycles. The lowest BCUT2D eigenvalue weighted by molar-refractivity contribution is -0.124. The van der Waals surface area contributed by atoms with E-state index >= 15 is 0 Å². The molecule has 1 amide bonds. The van der Waals surface area contributed by atoms with Gasteiger partial charge >= 0.3 is 0 Å². The molecular weight excluding hydrogens is 238 g/mol. The van der Waals surface area contributed by atoms with Gasteiger partial charge in [-0.2, -0.15) is 5.26 Å². The van der Waals surface area contributed by atoms with Crippen molar-refractivity contribution in [3.63, 3.8) is 0 Å². The standard InChI is InChI=1S/C15H19N3O/c1-11-8-12(2)17-13(9-11)18-14(19)15(10-16)6-4-3-5-7-15/h8-9H,3-7H2,1-2H3,(H,17,18,19). The number of aromatic nitrogens is 1. The van der Waals surface area contributed by atoms with Crippen LogP contribution < -0.4 is 5.32 Å². The Morgan fingerprint density at radius 1 is 1.32 bits per heavy atom. The maximum atomic E-state index is 12.4. The molecule has 0 saturated heterocycles. The fourth-order valence-corrected chi connectivity index (χ4v) is 2.69. The van der Waals surface area contributed by atoms with Crippen LogP contribution >= 0.6 is 0 Å². The van der Waals surface area contributed by atoms with Crippen LogP contribution in [0.3, 0.4) is 0 Å². The third-order valence-corrected chi connectivity index (χ3v) is 3.70. The van der Waals surface area contributed by atoms with Crippen molar-refractivity contribution >= 4 is 11.7 Å². The van der Waals surface area contributed by atoms with E-state index in [-0.39, 0.29) is 5.91 Å². The summed E-state index contributed by atoms with van der Waals surface area (Å²) >= 11 is 0. The summed E-state index contributed by atoms with van der Waals surface area (Å²) in [4.78, 5) is 16.7. The van der Waals surface area contributed by atoms with E-state index in [4.69, 9.17) is 0 Å². The lowest BCUT2D eigenvalue weighted by Crippen LogP contribution is -2.37. The van der Waals surface area contributed by atoms with E-state index in [1.54, 1.807) is 0 Å². The number of pyridine rings is 1. The zero-order valence-electron chi connectivity index (χ0n) is 11.5. The molecule has 1 aromatic rings. The van der Waals surface area contributed by atoms with Crippen LogP contribution in [-0.2, 0) is 4.79 Å². The number of carbonyl (C=O) groups is 1. The Morgan fingerprint density at radius 3 is 2.58 bits per heavy atom. The molecule has 4 nitrogen and oxygen atoms in total. The van der Waals surface area contributed by atoms with E-state index in [9.17, 15) is 10.1 Å². The first-order valence-corrected chi connectivity index (χ1v) is 6.74. The summed E-state index contributed by atoms with van der Waals surface area (Å²) in [5.41, 5.74) is 1.06. The van der Waals surface area contributed by atoms with Crippen LogP contribution in [0, 0.1) is 30.6 Å². The molecule has 1 heterocycles. The Balaban J connectivity index is 2.18. The minimum atomic E-state index is -0.864. The Labute approximate surface area is 113 Å². The second kappa shape index (κ2) is 5.40. The van der Waals surface area contributed by atoms with E-state index in [0.29, 0.717) is 18.7 Å². The minimum Gasteiger partial charge on any atom is -0.309 e. The second-order valence-electron chi connectivity index (χ2n) is 5.38. The lowest BCUT2D eigenvalue weighted by Gasteiger charge is -2.28. The third kappa shape index (κ3) is 2.93. The maximum Gasteiger partial charge on any atom is 0.246 e. The first-order valence-electron chi connectivity index (χ1n) is 6.74. The fraction of sp³-hybridized carbons (Fsp3) is 0.533. The van der Waals surface area contributed by atoms with Crippen molar-refractivity contribution in [2.75, 3.05) is 5.32 Å². The highest BCUT2D eigenvalue weighted by Gasteiger charge is 2.39. The highest BCUT2D eigenvalue weighted by molar-refractivity contribution is 5.96.